The van der Waals surface area contributed by atoms with E-state index < -0.39 is 33.9 Å². The average Bonchev–Trinajstić information content (AvgIpc) is 2.33. The number of aromatic nitrogens is 1. The van der Waals surface area contributed by atoms with E-state index in [1.165, 1.54) is 0 Å². The Bertz CT molecular complexity index is 560. The van der Waals surface area contributed by atoms with E-state index >= 15 is 0 Å². The summed E-state index contributed by atoms with van der Waals surface area (Å²) < 4.78 is 18.0. The Balaban J connectivity index is 3.24. The molecular weight excluding hydrogens is 300 g/mol. The second kappa shape index (κ2) is 6.49. The maximum atomic E-state index is 13.2. The van der Waals surface area contributed by atoms with Gasteiger partial charge in [0.25, 0.3) is 0 Å². The third-order valence-electron chi connectivity index (χ3n) is 1.97. The summed E-state index contributed by atoms with van der Waals surface area (Å²) in [6.45, 7) is 1.78. The van der Waals surface area contributed by atoms with Crippen LogP contribution in [0.3, 0.4) is 0 Å². The van der Waals surface area contributed by atoms with Crippen molar-refractivity contribution in [2.75, 3.05) is 6.61 Å². The zero-order valence-corrected chi connectivity index (χ0v) is 11.1. The Hall–Kier alpha value is -1.66. The molecule has 0 fully saturated rings. The number of carboxylic acid groups (broad SMARTS) is 1. The number of Topliss-reactive ketones (excluding diaryl/α,β-unsaturated/α-hetero) is 1. The molecule has 0 amide bonds. The summed E-state index contributed by atoms with van der Waals surface area (Å²) in [5, 5.41) is 8.00. The monoisotopic (exact) mass is 307 g/mol. The van der Waals surface area contributed by atoms with Crippen LogP contribution in [0, 0.1) is 5.82 Å². The minimum atomic E-state index is -1.52. The molecule has 0 aromatic carbocycles. The van der Waals surface area contributed by atoms with E-state index in [-0.39, 0.29) is 11.8 Å². The quantitative estimate of drug-likeness (QED) is 0.226. The first-order valence-electron chi connectivity index (χ1n) is 4.99. The lowest BCUT2D eigenvalue weighted by molar-refractivity contribution is -0.132. The molecule has 0 aliphatic carbocycles. The third kappa shape index (κ3) is 3.65. The number of rotatable bonds is 5. The van der Waals surface area contributed by atoms with Crippen LogP contribution >= 0.6 is 23.2 Å². The highest BCUT2D eigenvalue weighted by Gasteiger charge is 2.24. The van der Waals surface area contributed by atoms with Gasteiger partial charge in [-0.1, -0.05) is 23.2 Å². The minimum absolute atomic E-state index is 0.172. The number of hydrogen-bond donors (Lipinski definition) is 1. The normalized spacial score (nSPS) is 11.3. The van der Waals surface area contributed by atoms with Crippen LogP contribution < -0.4 is 0 Å². The molecule has 0 atom stereocenters. The highest BCUT2D eigenvalue weighted by atomic mass is 35.5. The molecule has 0 saturated carbocycles. The molecule has 1 heterocycles. The van der Waals surface area contributed by atoms with Crippen LogP contribution in [-0.2, 0) is 9.53 Å². The first-order valence-corrected chi connectivity index (χ1v) is 5.75. The molecule has 0 aliphatic rings. The van der Waals surface area contributed by atoms with Crippen molar-refractivity contribution in [3.05, 3.63) is 39.6 Å². The summed E-state index contributed by atoms with van der Waals surface area (Å²) in [7, 11) is 0. The molecular formula is C11H8Cl2FNO4. The Morgan fingerprint density at radius 2 is 2.11 bits per heavy atom. The van der Waals surface area contributed by atoms with Gasteiger partial charge in [0.2, 0.25) is 5.78 Å². The number of ether oxygens (including phenoxy) is 1. The number of ketones is 1. The number of aliphatic carboxylic acids is 1. The second-order valence-electron chi connectivity index (χ2n) is 3.22. The molecule has 0 unspecified atom stereocenters. The van der Waals surface area contributed by atoms with Crippen LogP contribution in [0.2, 0.25) is 10.3 Å². The van der Waals surface area contributed by atoms with Gasteiger partial charge in [-0.3, -0.25) is 4.79 Å². The fourth-order valence-electron chi connectivity index (χ4n) is 1.12. The first-order chi connectivity index (χ1) is 8.88. The van der Waals surface area contributed by atoms with Gasteiger partial charge in [-0.15, -0.1) is 0 Å². The highest BCUT2D eigenvalue weighted by molar-refractivity contribution is 6.37. The van der Waals surface area contributed by atoms with Gasteiger partial charge in [-0.05, 0) is 13.0 Å². The lowest BCUT2D eigenvalue weighted by atomic mass is 10.1. The summed E-state index contributed by atoms with van der Waals surface area (Å²) in [6.07, 6.45) is 0.771. The summed E-state index contributed by atoms with van der Waals surface area (Å²) in [5.41, 5.74) is -1.09. The molecule has 1 aromatic heterocycles. The number of pyridine rings is 1. The molecule has 0 radical (unpaired) electrons. The van der Waals surface area contributed by atoms with Gasteiger partial charge in [-0.25, -0.2) is 14.2 Å². The van der Waals surface area contributed by atoms with Gasteiger partial charge >= 0.3 is 5.97 Å². The Morgan fingerprint density at radius 1 is 1.47 bits per heavy atom. The maximum Gasteiger partial charge on any atom is 0.342 e. The van der Waals surface area contributed by atoms with Crippen molar-refractivity contribution in [3.63, 3.8) is 0 Å². The van der Waals surface area contributed by atoms with Crippen molar-refractivity contribution in [1.29, 1.82) is 0 Å². The largest absolute Gasteiger partial charge is 0.500 e. The van der Waals surface area contributed by atoms with E-state index in [0.717, 1.165) is 12.3 Å². The van der Waals surface area contributed by atoms with Gasteiger partial charge in [-0.2, -0.15) is 0 Å². The van der Waals surface area contributed by atoms with E-state index in [9.17, 15) is 14.0 Å². The van der Waals surface area contributed by atoms with Crippen molar-refractivity contribution >= 4 is 35.0 Å². The molecule has 1 aromatic rings. The molecule has 102 valence electrons. The molecule has 1 rings (SSSR count). The number of carbonyl (C=O) groups is 2. The van der Waals surface area contributed by atoms with Gasteiger partial charge in [0, 0.05) is 0 Å². The number of hydrogen-bond acceptors (Lipinski definition) is 4. The van der Waals surface area contributed by atoms with Gasteiger partial charge in [0.15, 0.2) is 11.0 Å². The van der Waals surface area contributed by atoms with Crippen LogP contribution in [0.1, 0.15) is 17.3 Å². The van der Waals surface area contributed by atoms with E-state index in [1.807, 2.05) is 0 Å². The average molecular weight is 308 g/mol. The molecule has 19 heavy (non-hydrogen) atoms. The zero-order valence-electron chi connectivity index (χ0n) is 9.61. The van der Waals surface area contributed by atoms with Crippen molar-refractivity contribution in [3.8, 4) is 0 Å². The summed E-state index contributed by atoms with van der Waals surface area (Å²) >= 11 is 11.0. The second-order valence-corrected chi connectivity index (χ2v) is 3.94. The number of carbonyl (C=O) groups excluding carboxylic acids is 1. The van der Waals surface area contributed by atoms with Gasteiger partial charge in [0.05, 0.1) is 12.2 Å². The standard InChI is InChI=1S/C11H8Cl2FNO4/c1-2-19-4-6(11(17)18)8(16)5-3-7(14)10(13)15-9(5)12/h3-4H,2H2,1H3,(H,17,18)/b6-4-. The van der Waals surface area contributed by atoms with Crippen LogP contribution in [0.15, 0.2) is 17.9 Å². The van der Waals surface area contributed by atoms with Crippen molar-refractivity contribution in [1.82, 2.24) is 4.98 Å². The lowest BCUT2D eigenvalue weighted by Crippen LogP contribution is -2.14. The van der Waals surface area contributed by atoms with Crippen LogP contribution in [-0.4, -0.2) is 28.4 Å². The van der Waals surface area contributed by atoms with Gasteiger partial charge < -0.3 is 9.84 Å². The molecule has 5 nitrogen and oxygen atoms in total. The van der Waals surface area contributed by atoms with Crippen LogP contribution in [0.4, 0.5) is 4.39 Å². The number of halogens is 3. The predicted octanol–water partition coefficient (Wildman–Crippen LogP) is 2.72. The van der Waals surface area contributed by atoms with E-state index in [1.54, 1.807) is 6.92 Å². The molecule has 8 heteroatoms. The van der Waals surface area contributed by atoms with Crippen molar-refractivity contribution < 1.29 is 23.8 Å². The topological polar surface area (TPSA) is 76.5 Å². The fraction of sp³-hybridized carbons (Fsp3) is 0.182. The van der Waals surface area contributed by atoms with Crippen LogP contribution in [0.25, 0.3) is 0 Å². The van der Waals surface area contributed by atoms with Crippen LogP contribution in [0.5, 0.6) is 0 Å². The zero-order chi connectivity index (χ0) is 14.6. The molecule has 0 saturated heterocycles. The lowest BCUT2D eigenvalue weighted by Gasteiger charge is -2.05. The molecule has 0 bridgehead atoms. The minimum Gasteiger partial charge on any atom is -0.500 e. The Kier molecular flexibility index (Phi) is 5.26. The maximum absolute atomic E-state index is 13.2. The van der Waals surface area contributed by atoms with E-state index in [4.69, 9.17) is 33.0 Å². The highest BCUT2D eigenvalue weighted by Crippen LogP contribution is 2.22. The molecule has 0 spiro atoms. The molecule has 0 aliphatic heterocycles. The van der Waals surface area contributed by atoms with E-state index in [2.05, 4.69) is 4.98 Å². The summed E-state index contributed by atoms with van der Waals surface area (Å²) in [4.78, 5) is 26.2. The SMILES string of the molecule is CCO/C=C(\C(=O)O)C(=O)c1cc(F)c(Cl)nc1Cl. The van der Waals surface area contributed by atoms with Crippen molar-refractivity contribution in [2.24, 2.45) is 0 Å². The molecule has 1 N–H and O–H groups in total. The number of nitrogens with zero attached hydrogens (tertiary/aromatic N) is 1. The van der Waals surface area contributed by atoms with E-state index in [0.29, 0.717) is 0 Å². The van der Waals surface area contributed by atoms with Gasteiger partial charge in [0.1, 0.15) is 17.0 Å². The third-order valence-corrected chi connectivity index (χ3v) is 2.53. The Labute approximate surface area is 117 Å². The smallest absolute Gasteiger partial charge is 0.342 e. The Morgan fingerprint density at radius 3 is 2.63 bits per heavy atom. The van der Waals surface area contributed by atoms with Crippen molar-refractivity contribution in [2.45, 2.75) is 6.92 Å². The summed E-state index contributed by atoms with van der Waals surface area (Å²) in [5.74, 6) is -3.52. The number of carboxylic acids is 1. The fourth-order valence-corrected chi connectivity index (χ4v) is 1.52. The first kappa shape index (κ1) is 15.4. The summed E-state index contributed by atoms with van der Waals surface area (Å²) in [6, 6.07) is 0.725. The predicted molar refractivity (Wildman–Crippen MR) is 65.9 cm³/mol.